The lowest BCUT2D eigenvalue weighted by molar-refractivity contribution is -0.0353. The fraction of sp³-hybridized carbons (Fsp3) is 0.320. The van der Waals surface area contributed by atoms with Crippen molar-refractivity contribution in [2.75, 3.05) is 6.61 Å². The summed E-state index contributed by atoms with van der Waals surface area (Å²) in [6.45, 7) is 0.562. The van der Waals surface area contributed by atoms with Crippen LogP contribution >= 0.6 is 0 Å². The molecule has 0 unspecified atom stereocenters. The van der Waals surface area contributed by atoms with Crippen LogP contribution in [-0.4, -0.2) is 18.8 Å². The van der Waals surface area contributed by atoms with E-state index in [2.05, 4.69) is 36.4 Å². The van der Waals surface area contributed by atoms with Gasteiger partial charge in [0.2, 0.25) is 0 Å². The standard InChI is InChI=1S/C25H25FN2O/c26-22-9-5-17(6-10-22)13-24(28)25-15-21(11-12-27)23(16-29-25)20-8-7-18-3-1-2-4-19(18)14-20/h1-10,14,21,23-25H,11,13,15-16,28H2/t21-,23+,24-,25-/m1/s1. The molecule has 0 saturated carbocycles. The molecule has 3 aromatic rings. The van der Waals surface area contributed by atoms with Crippen molar-refractivity contribution < 1.29 is 9.13 Å². The van der Waals surface area contributed by atoms with Gasteiger partial charge < -0.3 is 10.5 Å². The van der Waals surface area contributed by atoms with Crippen LogP contribution in [0.25, 0.3) is 10.8 Å². The Labute approximate surface area is 170 Å². The smallest absolute Gasteiger partial charge is 0.123 e. The Bertz CT molecular complexity index is 1010. The Balaban J connectivity index is 1.49. The van der Waals surface area contributed by atoms with Crippen molar-refractivity contribution in [3.8, 4) is 6.07 Å². The van der Waals surface area contributed by atoms with Gasteiger partial charge in [-0.2, -0.15) is 5.26 Å². The van der Waals surface area contributed by atoms with E-state index in [9.17, 15) is 9.65 Å². The molecule has 0 aliphatic carbocycles. The summed E-state index contributed by atoms with van der Waals surface area (Å²) in [5, 5.41) is 11.8. The zero-order chi connectivity index (χ0) is 20.2. The Kier molecular flexibility index (Phi) is 5.89. The Morgan fingerprint density at radius 2 is 1.83 bits per heavy atom. The van der Waals surface area contributed by atoms with Gasteiger partial charge in [-0.15, -0.1) is 0 Å². The van der Waals surface area contributed by atoms with Gasteiger partial charge in [-0.1, -0.05) is 54.6 Å². The molecule has 1 saturated heterocycles. The number of nitrogens with two attached hydrogens (primary N) is 1. The average molecular weight is 388 g/mol. The molecule has 1 aliphatic heterocycles. The van der Waals surface area contributed by atoms with Crippen molar-refractivity contribution >= 4 is 10.8 Å². The fourth-order valence-corrected chi connectivity index (χ4v) is 4.37. The summed E-state index contributed by atoms with van der Waals surface area (Å²) in [6.07, 6.45) is 1.77. The Morgan fingerprint density at radius 3 is 2.59 bits per heavy atom. The number of rotatable bonds is 5. The van der Waals surface area contributed by atoms with Crippen molar-refractivity contribution in [3.05, 3.63) is 83.7 Å². The molecule has 4 heteroatoms. The molecule has 4 rings (SSSR count). The van der Waals surface area contributed by atoms with E-state index in [1.165, 1.54) is 28.5 Å². The third-order valence-corrected chi connectivity index (χ3v) is 6.01. The zero-order valence-corrected chi connectivity index (χ0v) is 16.3. The summed E-state index contributed by atoms with van der Waals surface area (Å²) in [5.41, 5.74) is 8.65. The molecule has 0 spiro atoms. The number of ether oxygens (including phenoxy) is 1. The van der Waals surface area contributed by atoms with E-state index in [-0.39, 0.29) is 29.8 Å². The molecular weight excluding hydrogens is 363 g/mol. The first-order chi connectivity index (χ1) is 14.1. The maximum absolute atomic E-state index is 13.1. The van der Waals surface area contributed by atoms with Gasteiger partial charge in [0, 0.05) is 18.4 Å². The Hall–Kier alpha value is -2.74. The van der Waals surface area contributed by atoms with Crippen LogP contribution in [0.3, 0.4) is 0 Å². The molecule has 3 nitrogen and oxygen atoms in total. The van der Waals surface area contributed by atoms with Crippen LogP contribution in [0.2, 0.25) is 0 Å². The molecule has 3 aromatic carbocycles. The second kappa shape index (κ2) is 8.73. The predicted octanol–water partition coefficient (Wildman–Crippen LogP) is 4.95. The largest absolute Gasteiger partial charge is 0.376 e. The fourth-order valence-electron chi connectivity index (χ4n) is 4.37. The average Bonchev–Trinajstić information content (AvgIpc) is 2.75. The van der Waals surface area contributed by atoms with E-state index in [1.807, 2.05) is 12.1 Å². The number of nitrogens with zero attached hydrogens (tertiary/aromatic N) is 1. The minimum absolute atomic E-state index is 0.102. The van der Waals surface area contributed by atoms with E-state index in [1.54, 1.807) is 12.1 Å². The SMILES string of the molecule is N#CC[C@@H]1C[C@H]([C@H](N)Cc2ccc(F)cc2)OC[C@H]1c1ccc2ccccc2c1. The number of fused-ring (bicyclic) bond motifs is 1. The minimum Gasteiger partial charge on any atom is -0.376 e. The summed E-state index contributed by atoms with van der Waals surface area (Å²) < 4.78 is 19.3. The zero-order valence-electron chi connectivity index (χ0n) is 16.3. The molecule has 1 fully saturated rings. The normalized spacial score (nSPS) is 22.9. The van der Waals surface area contributed by atoms with E-state index in [4.69, 9.17) is 10.5 Å². The van der Waals surface area contributed by atoms with Gasteiger partial charge >= 0.3 is 0 Å². The van der Waals surface area contributed by atoms with Crippen molar-refractivity contribution in [3.63, 3.8) is 0 Å². The molecule has 1 heterocycles. The second-order valence-corrected chi connectivity index (χ2v) is 7.94. The van der Waals surface area contributed by atoms with Gasteiger partial charge in [-0.25, -0.2) is 4.39 Å². The molecule has 4 atom stereocenters. The van der Waals surface area contributed by atoms with Gasteiger partial charge in [0.25, 0.3) is 0 Å². The van der Waals surface area contributed by atoms with Gasteiger partial charge in [-0.05, 0) is 52.8 Å². The number of benzene rings is 3. The lowest BCUT2D eigenvalue weighted by Crippen LogP contribution is -2.44. The summed E-state index contributed by atoms with van der Waals surface area (Å²) in [5.74, 6) is 0.149. The number of hydrogen-bond acceptors (Lipinski definition) is 3. The van der Waals surface area contributed by atoms with Crippen LogP contribution in [-0.2, 0) is 11.2 Å². The molecule has 0 radical (unpaired) electrons. The van der Waals surface area contributed by atoms with E-state index >= 15 is 0 Å². The van der Waals surface area contributed by atoms with Crippen LogP contribution < -0.4 is 5.73 Å². The van der Waals surface area contributed by atoms with Crippen molar-refractivity contribution in [1.82, 2.24) is 0 Å². The van der Waals surface area contributed by atoms with Crippen molar-refractivity contribution in [2.45, 2.75) is 37.3 Å². The summed E-state index contributed by atoms with van der Waals surface area (Å²) >= 11 is 0. The summed E-state index contributed by atoms with van der Waals surface area (Å²) in [6, 6.07) is 23.4. The highest BCUT2D eigenvalue weighted by molar-refractivity contribution is 5.83. The van der Waals surface area contributed by atoms with Gasteiger partial charge in [0.15, 0.2) is 0 Å². The third-order valence-electron chi connectivity index (χ3n) is 6.01. The monoisotopic (exact) mass is 388 g/mol. The number of halogens is 1. The maximum atomic E-state index is 13.1. The molecule has 148 valence electrons. The van der Waals surface area contributed by atoms with E-state index in [0.29, 0.717) is 19.4 Å². The highest BCUT2D eigenvalue weighted by Crippen LogP contribution is 2.37. The first-order valence-electron chi connectivity index (χ1n) is 10.1. The highest BCUT2D eigenvalue weighted by Gasteiger charge is 2.34. The second-order valence-electron chi connectivity index (χ2n) is 7.94. The lowest BCUT2D eigenvalue weighted by Gasteiger charge is -2.38. The van der Waals surface area contributed by atoms with Crippen LogP contribution in [0.5, 0.6) is 0 Å². The minimum atomic E-state index is -0.247. The predicted molar refractivity (Wildman–Crippen MR) is 113 cm³/mol. The van der Waals surface area contributed by atoms with Gasteiger partial charge in [-0.3, -0.25) is 0 Å². The summed E-state index contributed by atoms with van der Waals surface area (Å²) in [4.78, 5) is 0. The highest BCUT2D eigenvalue weighted by atomic mass is 19.1. The van der Waals surface area contributed by atoms with E-state index in [0.717, 1.165) is 12.0 Å². The van der Waals surface area contributed by atoms with Crippen LogP contribution in [0.15, 0.2) is 66.7 Å². The van der Waals surface area contributed by atoms with Crippen molar-refractivity contribution in [1.29, 1.82) is 5.26 Å². The van der Waals surface area contributed by atoms with Crippen LogP contribution in [0, 0.1) is 23.1 Å². The van der Waals surface area contributed by atoms with Crippen LogP contribution in [0.1, 0.15) is 29.9 Å². The Morgan fingerprint density at radius 1 is 1.07 bits per heavy atom. The van der Waals surface area contributed by atoms with E-state index < -0.39 is 0 Å². The van der Waals surface area contributed by atoms with Gasteiger partial charge in [0.05, 0.1) is 18.8 Å². The lowest BCUT2D eigenvalue weighted by atomic mass is 9.77. The first-order valence-corrected chi connectivity index (χ1v) is 10.1. The first kappa shape index (κ1) is 19.6. The quantitative estimate of drug-likeness (QED) is 0.673. The molecule has 0 amide bonds. The molecule has 1 aliphatic rings. The number of nitriles is 1. The third kappa shape index (κ3) is 4.48. The molecule has 29 heavy (non-hydrogen) atoms. The maximum Gasteiger partial charge on any atom is 0.123 e. The molecule has 0 aromatic heterocycles. The molecule has 0 bridgehead atoms. The summed E-state index contributed by atoms with van der Waals surface area (Å²) in [7, 11) is 0. The molecule has 2 N–H and O–H groups in total. The topological polar surface area (TPSA) is 59.0 Å². The van der Waals surface area contributed by atoms with Crippen LogP contribution in [0.4, 0.5) is 4.39 Å². The van der Waals surface area contributed by atoms with Crippen molar-refractivity contribution in [2.24, 2.45) is 11.7 Å². The molecular formula is C25H25FN2O. The van der Waals surface area contributed by atoms with Gasteiger partial charge in [0.1, 0.15) is 5.82 Å². The number of hydrogen-bond donors (Lipinski definition) is 1.